The number of nitrogens with one attached hydrogen (secondary N) is 1. The Balaban J connectivity index is 1.80. The first-order chi connectivity index (χ1) is 12.8. The Morgan fingerprint density at radius 2 is 1.96 bits per heavy atom. The molecule has 1 aromatic heterocycles. The maximum atomic E-state index is 12.9. The maximum Gasteiger partial charge on any atom is 0.249 e. The lowest BCUT2D eigenvalue weighted by Crippen LogP contribution is -2.34. The number of ether oxygens (including phenoxy) is 1. The van der Waals surface area contributed by atoms with Crippen LogP contribution in [0.25, 0.3) is 0 Å². The van der Waals surface area contributed by atoms with Crippen molar-refractivity contribution in [2.75, 3.05) is 23.9 Å². The third kappa shape index (κ3) is 4.57. The largest absolute Gasteiger partial charge is 0.378 e. The fourth-order valence-corrected chi connectivity index (χ4v) is 3.12. The summed E-state index contributed by atoms with van der Waals surface area (Å²) in [7, 11) is 1.64. The van der Waals surface area contributed by atoms with E-state index in [-0.39, 0.29) is 17.4 Å². The highest BCUT2D eigenvalue weighted by molar-refractivity contribution is 6.30. The number of hydrogen-bond donors (Lipinski definition) is 1. The minimum Gasteiger partial charge on any atom is -0.378 e. The van der Waals surface area contributed by atoms with Crippen LogP contribution in [0.3, 0.4) is 0 Å². The van der Waals surface area contributed by atoms with Crippen LogP contribution in [0.4, 0.5) is 11.5 Å². The van der Waals surface area contributed by atoms with E-state index in [1.807, 2.05) is 18.2 Å². The Morgan fingerprint density at radius 3 is 2.59 bits per heavy atom. The van der Waals surface area contributed by atoms with E-state index in [9.17, 15) is 4.79 Å². The molecular weight excluding hydrogens is 364 g/mol. The molecule has 3 rings (SSSR count). The molecule has 144 valence electrons. The fourth-order valence-electron chi connectivity index (χ4n) is 3.00. The van der Waals surface area contributed by atoms with Crippen molar-refractivity contribution in [2.45, 2.75) is 45.3 Å². The molecule has 0 spiro atoms. The topological polar surface area (TPSA) is 67.3 Å². The first-order valence-corrected chi connectivity index (χ1v) is 9.36. The zero-order chi connectivity index (χ0) is 19.6. The molecule has 27 heavy (non-hydrogen) atoms. The summed E-state index contributed by atoms with van der Waals surface area (Å²) in [6, 6.07) is 8.84. The van der Waals surface area contributed by atoms with Gasteiger partial charge >= 0.3 is 0 Å². The van der Waals surface area contributed by atoms with Crippen LogP contribution in [0.15, 0.2) is 30.3 Å². The number of carbonyl (C=O) groups excluding carboxylic acids is 1. The zero-order valence-electron chi connectivity index (χ0n) is 16.1. The molecule has 1 atom stereocenters. The van der Waals surface area contributed by atoms with Crippen molar-refractivity contribution in [3.63, 3.8) is 0 Å². The molecule has 7 heteroatoms. The summed E-state index contributed by atoms with van der Waals surface area (Å²) < 4.78 is 5.22. The van der Waals surface area contributed by atoms with Crippen LogP contribution in [0.2, 0.25) is 5.02 Å². The number of rotatable bonds is 5. The highest BCUT2D eigenvalue weighted by Gasteiger charge is 2.33. The summed E-state index contributed by atoms with van der Waals surface area (Å²) in [6.07, 6.45) is 0.704. The number of methoxy groups -OCH3 is 1. The standard InChI is InChI=1S/C20H25ClN4O2/c1-20(2,3)19-22-14(12-27-4)11-17(24-19)23-16-9-10-25(18(16)26)15-7-5-13(21)6-8-15/h5-8,11,16H,9-10,12H2,1-4H3,(H,22,23,24). The van der Waals surface area contributed by atoms with Gasteiger partial charge in [-0.1, -0.05) is 32.4 Å². The maximum absolute atomic E-state index is 12.9. The van der Waals surface area contributed by atoms with Gasteiger partial charge in [-0.3, -0.25) is 4.79 Å². The van der Waals surface area contributed by atoms with Gasteiger partial charge in [0.05, 0.1) is 12.3 Å². The van der Waals surface area contributed by atoms with E-state index in [0.29, 0.717) is 30.4 Å². The van der Waals surface area contributed by atoms with Crippen molar-refractivity contribution in [1.29, 1.82) is 0 Å². The summed E-state index contributed by atoms with van der Waals surface area (Å²) in [4.78, 5) is 23.8. The molecule has 0 aliphatic carbocycles. The second-order valence-electron chi connectivity index (χ2n) is 7.70. The van der Waals surface area contributed by atoms with Gasteiger partial charge in [0, 0.05) is 35.8 Å². The van der Waals surface area contributed by atoms with Gasteiger partial charge in [0.2, 0.25) is 5.91 Å². The summed E-state index contributed by atoms with van der Waals surface area (Å²) in [5.74, 6) is 1.40. The fraction of sp³-hybridized carbons (Fsp3) is 0.450. The lowest BCUT2D eigenvalue weighted by molar-refractivity contribution is -0.117. The smallest absolute Gasteiger partial charge is 0.249 e. The predicted octanol–water partition coefficient (Wildman–Crippen LogP) is 3.79. The van der Waals surface area contributed by atoms with E-state index in [1.165, 1.54) is 0 Å². The predicted molar refractivity (Wildman–Crippen MR) is 107 cm³/mol. The Hall–Kier alpha value is -2.18. The van der Waals surface area contributed by atoms with Crippen molar-refractivity contribution in [2.24, 2.45) is 0 Å². The third-order valence-corrected chi connectivity index (χ3v) is 4.66. The van der Waals surface area contributed by atoms with Crippen molar-refractivity contribution >= 4 is 29.0 Å². The zero-order valence-corrected chi connectivity index (χ0v) is 16.9. The quantitative estimate of drug-likeness (QED) is 0.843. The van der Waals surface area contributed by atoms with Crippen molar-refractivity contribution in [1.82, 2.24) is 9.97 Å². The van der Waals surface area contributed by atoms with Gasteiger partial charge < -0.3 is 15.0 Å². The molecule has 0 saturated carbocycles. The molecule has 1 amide bonds. The molecular formula is C20H25ClN4O2. The van der Waals surface area contributed by atoms with Gasteiger partial charge in [-0.05, 0) is 30.7 Å². The van der Waals surface area contributed by atoms with E-state index in [1.54, 1.807) is 24.1 Å². The molecule has 2 heterocycles. The summed E-state index contributed by atoms with van der Waals surface area (Å²) in [6.45, 7) is 7.24. The molecule has 1 aliphatic rings. The third-order valence-electron chi connectivity index (χ3n) is 4.41. The Labute approximate surface area is 164 Å². The molecule has 0 radical (unpaired) electrons. The van der Waals surface area contributed by atoms with Gasteiger partial charge in [0.1, 0.15) is 17.7 Å². The van der Waals surface area contributed by atoms with Gasteiger partial charge in [-0.25, -0.2) is 9.97 Å². The Bertz CT molecular complexity index is 818. The first kappa shape index (κ1) is 19.6. The molecule has 6 nitrogen and oxygen atoms in total. The monoisotopic (exact) mass is 388 g/mol. The van der Waals surface area contributed by atoms with Crippen LogP contribution in [-0.4, -0.2) is 35.6 Å². The average Bonchev–Trinajstić information content (AvgIpc) is 2.96. The second kappa shape index (κ2) is 7.82. The lowest BCUT2D eigenvalue weighted by atomic mass is 9.95. The van der Waals surface area contributed by atoms with Gasteiger partial charge in [0.25, 0.3) is 0 Å². The molecule has 2 aromatic rings. The molecule has 1 saturated heterocycles. The number of halogens is 1. The SMILES string of the molecule is COCc1cc(NC2CCN(c3ccc(Cl)cc3)C2=O)nc(C(C)(C)C)n1. The van der Waals surface area contributed by atoms with Crippen LogP contribution in [0.1, 0.15) is 38.7 Å². The summed E-state index contributed by atoms with van der Waals surface area (Å²) >= 11 is 5.94. The molecule has 1 N–H and O–H groups in total. The second-order valence-corrected chi connectivity index (χ2v) is 8.14. The van der Waals surface area contributed by atoms with Crippen LogP contribution in [0, 0.1) is 0 Å². The van der Waals surface area contributed by atoms with Crippen LogP contribution >= 0.6 is 11.6 Å². The normalized spacial score (nSPS) is 17.4. The van der Waals surface area contributed by atoms with E-state index >= 15 is 0 Å². The van der Waals surface area contributed by atoms with Crippen LogP contribution in [-0.2, 0) is 21.6 Å². The summed E-state index contributed by atoms with van der Waals surface area (Å²) in [5.41, 5.74) is 1.45. The van der Waals surface area contributed by atoms with E-state index in [4.69, 9.17) is 16.3 Å². The van der Waals surface area contributed by atoms with Crippen LogP contribution in [0.5, 0.6) is 0 Å². The number of hydrogen-bond acceptors (Lipinski definition) is 5. The average molecular weight is 389 g/mol. The molecule has 1 aromatic carbocycles. The number of carbonyl (C=O) groups is 1. The molecule has 1 unspecified atom stereocenters. The lowest BCUT2D eigenvalue weighted by Gasteiger charge is -2.21. The van der Waals surface area contributed by atoms with Crippen LogP contribution < -0.4 is 10.2 Å². The van der Waals surface area contributed by atoms with Crippen molar-refractivity contribution in [3.05, 3.63) is 46.9 Å². The van der Waals surface area contributed by atoms with Gasteiger partial charge in [-0.2, -0.15) is 0 Å². The van der Waals surface area contributed by atoms with Crippen molar-refractivity contribution < 1.29 is 9.53 Å². The number of nitrogens with zero attached hydrogens (tertiary/aromatic N) is 3. The highest BCUT2D eigenvalue weighted by atomic mass is 35.5. The van der Waals surface area contributed by atoms with Crippen molar-refractivity contribution in [3.8, 4) is 0 Å². The minimum absolute atomic E-state index is 0.0292. The van der Waals surface area contributed by atoms with E-state index in [0.717, 1.165) is 17.2 Å². The van der Waals surface area contributed by atoms with Gasteiger partial charge in [0.15, 0.2) is 0 Å². The number of aromatic nitrogens is 2. The number of benzene rings is 1. The Morgan fingerprint density at radius 1 is 1.26 bits per heavy atom. The minimum atomic E-state index is -0.321. The van der Waals surface area contributed by atoms with E-state index in [2.05, 4.69) is 36.1 Å². The highest BCUT2D eigenvalue weighted by Crippen LogP contribution is 2.26. The molecule has 1 fully saturated rings. The van der Waals surface area contributed by atoms with Gasteiger partial charge in [-0.15, -0.1) is 0 Å². The summed E-state index contributed by atoms with van der Waals surface area (Å²) in [5, 5.41) is 3.94. The van der Waals surface area contributed by atoms with E-state index < -0.39 is 0 Å². The number of amides is 1. The Kier molecular flexibility index (Phi) is 5.67. The molecule has 1 aliphatic heterocycles. The first-order valence-electron chi connectivity index (χ1n) is 8.99. The molecule has 0 bridgehead atoms. The number of anilines is 2.